The van der Waals surface area contributed by atoms with Crippen molar-refractivity contribution in [1.29, 1.82) is 0 Å². The van der Waals surface area contributed by atoms with Crippen molar-refractivity contribution >= 4 is 23.2 Å². The molecule has 2 N–H and O–H groups in total. The van der Waals surface area contributed by atoms with Crippen LogP contribution in [-0.2, 0) is 4.79 Å². The second kappa shape index (κ2) is 11.5. The molecule has 0 unspecified atom stereocenters. The SMILES string of the molecule is CCN(CC)CCNC(=O)c1ccc(NC(=O)COc2ccc([N+](=O)[O-])cc2)cc1. The number of rotatable bonds is 11. The van der Waals surface area contributed by atoms with Gasteiger partial charge in [0.25, 0.3) is 17.5 Å². The summed E-state index contributed by atoms with van der Waals surface area (Å²) in [6.07, 6.45) is 0. The maximum absolute atomic E-state index is 12.2. The van der Waals surface area contributed by atoms with Crippen LogP contribution in [0.25, 0.3) is 0 Å². The zero-order valence-electron chi connectivity index (χ0n) is 17.1. The van der Waals surface area contributed by atoms with E-state index in [1.807, 2.05) is 0 Å². The minimum Gasteiger partial charge on any atom is -0.484 e. The Labute approximate surface area is 175 Å². The fraction of sp³-hybridized carbons (Fsp3) is 0.333. The van der Waals surface area contributed by atoms with Gasteiger partial charge in [-0.1, -0.05) is 13.8 Å². The van der Waals surface area contributed by atoms with Gasteiger partial charge in [-0.3, -0.25) is 19.7 Å². The van der Waals surface area contributed by atoms with Crippen molar-refractivity contribution in [2.45, 2.75) is 13.8 Å². The van der Waals surface area contributed by atoms with E-state index in [0.29, 0.717) is 23.5 Å². The molecule has 0 heterocycles. The number of hydrogen-bond donors (Lipinski definition) is 2. The zero-order valence-corrected chi connectivity index (χ0v) is 17.1. The molecule has 0 bridgehead atoms. The van der Waals surface area contributed by atoms with E-state index in [2.05, 4.69) is 29.4 Å². The smallest absolute Gasteiger partial charge is 0.269 e. The maximum atomic E-state index is 12.2. The number of carbonyl (C=O) groups excluding carboxylic acids is 2. The number of amides is 2. The van der Waals surface area contributed by atoms with Gasteiger partial charge in [-0.25, -0.2) is 0 Å². The second-order valence-corrected chi connectivity index (χ2v) is 6.45. The van der Waals surface area contributed by atoms with Gasteiger partial charge in [0.2, 0.25) is 0 Å². The van der Waals surface area contributed by atoms with Crippen molar-refractivity contribution in [2.24, 2.45) is 0 Å². The number of anilines is 1. The number of nitro benzene ring substituents is 1. The van der Waals surface area contributed by atoms with Crippen molar-refractivity contribution in [3.8, 4) is 5.75 Å². The summed E-state index contributed by atoms with van der Waals surface area (Å²) in [5.74, 6) is -0.196. The molecule has 2 aromatic rings. The monoisotopic (exact) mass is 414 g/mol. The highest BCUT2D eigenvalue weighted by Crippen LogP contribution is 2.17. The lowest BCUT2D eigenvalue weighted by molar-refractivity contribution is -0.384. The Balaban J connectivity index is 1.78. The lowest BCUT2D eigenvalue weighted by Crippen LogP contribution is -2.34. The topological polar surface area (TPSA) is 114 Å². The highest BCUT2D eigenvalue weighted by molar-refractivity contribution is 5.96. The number of nitrogens with one attached hydrogen (secondary N) is 2. The average Bonchev–Trinajstić information content (AvgIpc) is 2.76. The average molecular weight is 414 g/mol. The summed E-state index contributed by atoms with van der Waals surface area (Å²) < 4.78 is 5.32. The van der Waals surface area contributed by atoms with Crippen molar-refractivity contribution in [3.63, 3.8) is 0 Å². The second-order valence-electron chi connectivity index (χ2n) is 6.45. The number of ether oxygens (including phenoxy) is 1. The Morgan fingerprint density at radius 1 is 1.03 bits per heavy atom. The van der Waals surface area contributed by atoms with E-state index in [1.54, 1.807) is 24.3 Å². The predicted octanol–water partition coefficient (Wildman–Crippen LogP) is 2.68. The van der Waals surface area contributed by atoms with Crippen LogP contribution in [0.1, 0.15) is 24.2 Å². The highest BCUT2D eigenvalue weighted by atomic mass is 16.6. The number of non-ortho nitro benzene ring substituents is 1. The van der Waals surface area contributed by atoms with Crippen LogP contribution < -0.4 is 15.4 Å². The minimum atomic E-state index is -0.508. The number of likely N-dealkylation sites (N-methyl/N-ethyl adjacent to an activating group) is 1. The van der Waals surface area contributed by atoms with Crippen LogP contribution >= 0.6 is 0 Å². The molecule has 9 nitrogen and oxygen atoms in total. The number of hydrogen-bond acceptors (Lipinski definition) is 6. The molecule has 160 valence electrons. The third-order valence-electron chi connectivity index (χ3n) is 4.46. The van der Waals surface area contributed by atoms with Gasteiger partial charge in [-0.15, -0.1) is 0 Å². The standard InChI is InChI=1S/C21H26N4O5/c1-3-24(4-2)14-13-22-21(27)16-5-7-17(8-6-16)23-20(26)15-30-19-11-9-18(10-12-19)25(28)29/h5-12H,3-4,13-15H2,1-2H3,(H,22,27)(H,23,26). The van der Waals surface area contributed by atoms with Crippen LogP contribution in [0.15, 0.2) is 48.5 Å². The van der Waals surface area contributed by atoms with E-state index in [9.17, 15) is 19.7 Å². The summed E-state index contributed by atoms with van der Waals surface area (Å²) in [5, 5.41) is 16.2. The Bertz CT molecular complexity index is 849. The van der Waals surface area contributed by atoms with E-state index >= 15 is 0 Å². The van der Waals surface area contributed by atoms with Crippen LogP contribution in [0.3, 0.4) is 0 Å². The number of carbonyl (C=O) groups is 2. The summed E-state index contributed by atoms with van der Waals surface area (Å²) in [7, 11) is 0. The van der Waals surface area contributed by atoms with Crippen molar-refractivity contribution < 1.29 is 19.2 Å². The molecular formula is C21H26N4O5. The Morgan fingerprint density at radius 2 is 1.67 bits per heavy atom. The van der Waals surface area contributed by atoms with E-state index < -0.39 is 4.92 Å². The van der Waals surface area contributed by atoms with Gasteiger partial charge in [0.15, 0.2) is 6.61 Å². The summed E-state index contributed by atoms with van der Waals surface area (Å²) in [6, 6.07) is 12.0. The predicted molar refractivity (Wildman–Crippen MR) is 114 cm³/mol. The largest absolute Gasteiger partial charge is 0.484 e. The molecule has 0 aromatic heterocycles. The van der Waals surface area contributed by atoms with Gasteiger partial charge >= 0.3 is 0 Å². The van der Waals surface area contributed by atoms with E-state index in [4.69, 9.17) is 4.74 Å². The molecule has 0 fully saturated rings. The van der Waals surface area contributed by atoms with Crippen molar-refractivity contribution in [3.05, 3.63) is 64.2 Å². The highest BCUT2D eigenvalue weighted by Gasteiger charge is 2.09. The number of benzene rings is 2. The molecule has 0 aliphatic heterocycles. The van der Waals surface area contributed by atoms with Crippen LogP contribution in [0.2, 0.25) is 0 Å². The lowest BCUT2D eigenvalue weighted by atomic mass is 10.2. The molecule has 2 amide bonds. The van der Waals surface area contributed by atoms with E-state index in [0.717, 1.165) is 19.6 Å². The maximum Gasteiger partial charge on any atom is 0.269 e. The van der Waals surface area contributed by atoms with Crippen molar-refractivity contribution in [1.82, 2.24) is 10.2 Å². The molecular weight excluding hydrogens is 388 g/mol. The molecule has 2 aromatic carbocycles. The molecule has 9 heteroatoms. The molecule has 0 aliphatic carbocycles. The van der Waals surface area contributed by atoms with Gasteiger partial charge in [0.05, 0.1) is 4.92 Å². The van der Waals surface area contributed by atoms with Crippen molar-refractivity contribution in [2.75, 3.05) is 38.1 Å². The fourth-order valence-corrected chi connectivity index (χ4v) is 2.68. The third kappa shape index (κ3) is 7.17. The zero-order chi connectivity index (χ0) is 21.9. The summed E-state index contributed by atoms with van der Waals surface area (Å²) in [5.41, 5.74) is 0.991. The molecule has 0 saturated carbocycles. The first kappa shape index (κ1) is 22.8. The molecule has 2 rings (SSSR count). The van der Waals surface area contributed by atoms with Crippen LogP contribution in [0.5, 0.6) is 5.75 Å². The normalized spacial score (nSPS) is 10.5. The first-order valence-electron chi connectivity index (χ1n) is 9.70. The molecule has 0 aliphatic rings. The minimum absolute atomic E-state index is 0.0519. The molecule has 0 atom stereocenters. The van der Waals surface area contributed by atoms with Gasteiger partial charge in [-0.2, -0.15) is 0 Å². The lowest BCUT2D eigenvalue weighted by Gasteiger charge is -2.18. The number of nitrogens with zero attached hydrogens (tertiary/aromatic N) is 2. The Kier molecular flexibility index (Phi) is 8.76. The summed E-state index contributed by atoms with van der Waals surface area (Å²) >= 11 is 0. The van der Waals surface area contributed by atoms with Crippen LogP contribution in [-0.4, -0.2) is 54.4 Å². The first-order chi connectivity index (χ1) is 14.4. The van der Waals surface area contributed by atoms with Gasteiger partial charge in [0.1, 0.15) is 5.75 Å². The summed E-state index contributed by atoms with van der Waals surface area (Å²) in [4.78, 5) is 36.5. The summed E-state index contributed by atoms with van der Waals surface area (Å²) in [6.45, 7) is 7.15. The quantitative estimate of drug-likeness (QED) is 0.432. The number of nitro groups is 1. The van der Waals surface area contributed by atoms with E-state index in [-0.39, 0.29) is 24.1 Å². The first-order valence-corrected chi connectivity index (χ1v) is 9.70. The molecule has 0 radical (unpaired) electrons. The fourth-order valence-electron chi connectivity index (χ4n) is 2.68. The van der Waals surface area contributed by atoms with Gasteiger partial charge < -0.3 is 20.3 Å². The van der Waals surface area contributed by atoms with Crippen LogP contribution in [0.4, 0.5) is 11.4 Å². The Hall–Kier alpha value is -3.46. The van der Waals surface area contributed by atoms with Crippen LogP contribution in [0, 0.1) is 10.1 Å². The third-order valence-corrected chi connectivity index (χ3v) is 4.46. The van der Waals surface area contributed by atoms with Gasteiger partial charge in [0, 0.05) is 36.5 Å². The molecule has 30 heavy (non-hydrogen) atoms. The molecule has 0 saturated heterocycles. The molecule has 0 spiro atoms. The van der Waals surface area contributed by atoms with Gasteiger partial charge in [-0.05, 0) is 49.5 Å². The van der Waals surface area contributed by atoms with E-state index in [1.165, 1.54) is 24.3 Å². The Morgan fingerprint density at radius 3 is 2.23 bits per heavy atom.